The van der Waals surface area contributed by atoms with Crippen LogP contribution in [0.25, 0.3) is 33.5 Å². The lowest BCUT2D eigenvalue weighted by Gasteiger charge is -2.16. The maximum Gasteiger partial charge on any atom is 0.252 e. The number of fused-ring (bicyclic) bond motifs is 1. The Kier molecular flexibility index (Phi) is 6.58. The van der Waals surface area contributed by atoms with Gasteiger partial charge in [-0.2, -0.15) is 5.10 Å². The molecule has 8 nitrogen and oxygen atoms in total. The Hall–Kier alpha value is -5.57. The van der Waals surface area contributed by atoms with Crippen molar-refractivity contribution in [3.8, 4) is 22.5 Å². The number of furan rings is 1. The van der Waals surface area contributed by atoms with E-state index in [1.807, 2.05) is 61.5 Å². The number of amides is 2. The standard InChI is InChI=1S/C35H28FN5O3/c1-20-7-10-24(33(43)39-35(15-16-35)34-38-32(40-41-34)22-5-3-2-4-6-22)19-26(20)23-11-14-28-27(18-23)30(31(37)42)29(44-28)17-21-8-12-25(36)13-9-21/h2-14,18-19H,15-17H2,1H3,(H2,37,42)(H,39,43)(H,38,40,41). The highest BCUT2D eigenvalue weighted by atomic mass is 19.1. The Morgan fingerprint density at radius 3 is 2.48 bits per heavy atom. The first kappa shape index (κ1) is 27.3. The predicted molar refractivity (Wildman–Crippen MR) is 164 cm³/mol. The highest BCUT2D eigenvalue weighted by Gasteiger charge is 2.49. The second kappa shape index (κ2) is 10.6. The topological polar surface area (TPSA) is 127 Å². The van der Waals surface area contributed by atoms with Crippen molar-refractivity contribution in [2.24, 2.45) is 5.73 Å². The number of H-pyrrole nitrogens is 1. The molecule has 0 radical (unpaired) electrons. The van der Waals surface area contributed by atoms with Crippen LogP contribution < -0.4 is 11.1 Å². The molecule has 4 N–H and O–H groups in total. The molecular weight excluding hydrogens is 557 g/mol. The van der Waals surface area contributed by atoms with Gasteiger partial charge in [0.2, 0.25) is 0 Å². The molecular formula is C35H28FN5O3. The molecule has 218 valence electrons. The van der Waals surface area contributed by atoms with Gasteiger partial charge in [-0.05, 0) is 78.4 Å². The zero-order valence-electron chi connectivity index (χ0n) is 23.9. The molecule has 7 rings (SSSR count). The van der Waals surface area contributed by atoms with Crippen LogP contribution in [0.4, 0.5) is 4.39 Å². The van der Waals surface area contributed by atoms with Gasteiger partial charge in [-0.3, -0.25) is 14.7 Å². The van der Waals surface area contributed by atoms with Gasteiger partial charge in [-0.25, -0.2) is 9.37 Å². The number of carbonyl (C=O) groups is 2. The maximum atomic E-state index is 13.5. The molecule has 0 atom stereocenters. The smallest absolute Gasteiger partial charge is 0.252 e. The summed E-state index contributed by atoms with van der Waals surface area (Å²) in [6.45, 7) is 1.97. The van der Waals surface area contributed by atoms with Crippen LogP contribution in [0.5, 0.6) is 0 Å². The Balaban J connectivity index is 1.17. The number of nitrogens with zero attached hydrogens (tertiary/aromatic N) is 2. The molecule has 0 saturated heterocycles. The monoisotopic (exact) mass is 585 g/mol. The van der Waals surface area contributed by atoms with Crippen LogP contribution in [0.15, 0.2) is 95.4 Å². The highest BCUT2D eigenvalue weighted by molar-refractivity contribution is 6.07. The molecule has 0 spiro atoms. The third-order valence-corrected chi connectivity index (χ3v) is 8.17. The Morgan fingerprint density at radius 2 is 1.75 bits per heavy atom. The number of nitrogens with two attached hydrogens (primary N) is 1. The maximum absolute atomic E-state index is 13.5. The van der Waals surface area contributed by atoms with E-state index in [1.54, 1.807) is 24.3 Å². The van der Waals surface area contributed by atoms with E-state index in [0.717, 1.165) is 40.7 Å². The van der Waals surface area contributed by atoms with Gasteiger partial charge in [0, 0.05) is 22.9 Å². The summed E-state index contributed by atoms with van der Waals surface area (Å²) in [6, 6.07) is 26.8. The van der Waals surface area contributed by atoms with Crippen LogP contribution in [-0.2, 0) is 12.0 Å². The highest BCUT2D eigenvalue weighted by Crippen LogP contribution is 2.44. The summed E-state index contributed by atoms with van der Waals surface area (Å²) in [5.74, 6) is 0.471. The molecule has 9 heteroatoms. The predicted octanol–water partition coefficient (Wildman–Crippen LogP) is 6.44. The minimum atomic E-state index is -0.611. The van der Waals surface area contributed by atoms with Crippen molar-refractivity contribution in [2.45, 2.75) is 31.7 Å². The molecule has 1 saturated carbocycles. The average molecular weight is 586 g/mol. The van der Waals surface area contributed by atoms with Crippen LogP contribution >= 0.6 is 0 Å². The van der Waals surface area contributed by atoms with Crippen molar-refractivity contribution in [1.82, 2.24) is 20.5 Å². The van der Waals surface area contributed by atoms with Crippen LogP contribution in [-0.4, -0.2) is 27.0 Å². The van der Waals surface area contributed by atoms with Crippen molar-refractivity contribution in [3.05, 3.63) is 131 Å². The van der Waals surface area contributed by atoms with Gasteiger partial charge in [0.05, 0.1) is 11.1 Å². The van der Waals surface area contributed by atoms with Gasteiger partial charge in [0.1, 0.15) is 17.2 Å². The second-order valence-corrected chi connectivity index (χ2v) is 11.2. The summed E-state index contributed by atoms with van der Waals surface area (Å²) < 4.78 is 19.4. The summed E-state index contributed by atoms with van der Waals surface area (Å²) >= 11 is 0. The number of benzene rings is 4. The summed E-state index contributed by atoms with van der Waals surface area (Å²) in [5, 5.41) is 11.1. The quantitative estimate of drug-likeness (QED) is 0.189. The normalized spacial score (nSPS) is 13.6. The van der Waals surface area contributed by atoms with E-state index in [1.165, 1.54) is 12.1 Å². The van der Waals surface area contributed by atoms with Crippen LogP contribution in [0.2, 0.25) is 0 Å². The second-order valence-electron chi connectivity index (χ2n) is 11.2. The van der Waals surface area contributed by atoms with Gasteiger partial charge >= 0.3 is 0 Å². The molecule has 0 bridgehead atoms. The van der Waals surface area contributed by atoms with E-state index >= 15 is 0 Å². The first-order valence-corrected chi connectivity index (χ1v) is 14.3. The molecule has 1 aliphatic carbocycles. The lowest BCUT2D eigenvalue weighted by molar-refractivity contribution is 0.0927. The molecule has 0 aliphatic heterocycles. The number of primary amides is 1. The lowest BCUT2D eigenvalue weighted by atomic mass is 9.95. The van der Waals surface area contributed by atoms with Crippen molar-refractivity contribution in [1.29, 1.82) is 0 Å². The fourth-order valence-electron chi connectivity index (χ4n) is 5.60. The molecule has 2 amide bonds. The number of aromatic amines is 1. The molecule has 6 aromatic rings. The number of nitrogens with one attached hydrogen (secondary N) is 2. The van der Waals surface area contributed by atoms with E-state index < -0.39 is 11.4 Å². The average Bonchev–Trinajstić information content (AvgIpc) is 3.46. The summed E-state index contributed by atoms with van der Waals surface area (Å²) in [5.41, 5.74) is 10.8. The molecule has 1 fully saturated rings. The zero-order valence-corrected chi connectivity index (χ0v) is 23.9. The zero-order chi connectivity index (χ0) is 30.4. The Bertz CT molecular complexity index is 2040. The van der Waals surface area contributed by atoms with Gasteiger partial charge < -0.3 is 15.5 Å². The molecule has 1 aliphatic rings. The SMILES string of the molecule is Cc1ccc(C(=O)NC2(c3nc(-c4ccccc4)n[nH]3)CC2)cc1-c1ccc2oc(Cc3ccc(F)cc3)c(C(N)=O)c2c1. The fourth-order valence-corrected chi connectivity index (χ4v) is 5.60. The molecule has 2 heterocycles. The summed E-state index contributed by atoms with van der Waals surface area (Å²) in [7, 11) is 0. The van der Waals surface area contributed by atoms with Crippen molar-refractivity contribution >= 4 is 22.8 Å². The van der Waals surface area contributed by atoms with E-state index in [4.69, 9.17) is 10.2 Å². The van der Waals surface area contributed by atoms with Crippen LogP contribution in [0.1, 0.15) is 56.3 Å². The number of carbonyl (C=O) groups excluding carboxylic acids is 2. The first-order valence-electron chi connectivity index (χ1n) is 14.3. The molecule has 44 heavy (non-hydrogen) atoms. The van der Waals surface area contributed by atoms with Crippen LogP contribution in [0, 0.1) is 12.7 Å². The molecule has 0 unspecified atom stereocenters. The van der Waals surface area contributed by atoms with Crippen molar-refractivity contribution < 1.29 is 18.4 Å². The summed E-state index contributed by atoms with van der Waals surface area (Å²) in [4.78, 5) is 30.8. The van der Waals surface area contributed by atoms with E-state index in [-0.39, 0.29) is 23.7 Å². The molecule has 4 aromatic carbocycles. The Morgan fingerprint density at radius 1 is 0.977 bits per heavy atom. The minimum absolute atomic E-state index is 0.217. The number of hydrogen-bond acceptors (Lipinski definition) is 5. The van der Waals surface area contributed by atoms with Crippen LogP contribution in [0.3, 0.4) is 0 Å². The number of aromatic nitrogens is 3. The van der Waals surface area contributed by atoms with Crippen molar-refractivity contribution in [3.63, 3.8) is 0 Å². The Labute approximate surface area is 252 Å². The minimum Gasteiger partial charge on any atom is -0.460 e. The van der Waals surface area contributed by atoms with Gasteiger partial charge in [-0.15, -0.1) is 0 Å². The number of rotatable bonds is 8. The van der Waals surface area contributed by atoms with E-state index in [2.05, 4.69) is 20.5 Å². The van der Waals surface area contributed by atoms with Gasteiger partial charge in [-0.1, -0.05) is 54.6 Å². The summed E-state index contributed by atoms with van der Waals surface area (Å²) in [6.07, 6.45) is 1.80. The van der Waals surface area contributed by atoms with E-state index in [9.17, 15) is 14.0 Å². The number of hydrogen-bond donors (Lipinski definition) is 3. The lowest BCUT2D eigenvalue weighted by Crippen LogP contribution is -2.35. The van der Waals surface area contributed by atoms with Gasteiger partial charge in [0.25, 0.3) is 11.8 Å². The third-order valence-electron chi connectivity index (χ3n) is 8.17. The van der Waals surface area contributed by atoms with E-state index in [0.29, 0.717) is 33.9 Å². The number of aryl methyl sites for hydroxylation is 1. The number of halogens is 1. The van der Waals surface area contributed by atoms with Gasteiger partial charge in [0.15, 0.2) is 11.6 Å². The fraction of sp³-hybridized carbons (Fsp3) is 0.143. The van der Waals surface area contributed by atoms with Crippen molar-refractivity contribution in [2.75, 3.05) is 0 Å². The first-order chi connectivity index (χ1) is 21.3. The third kappa shape index (κ3) is 5.02. The molecule has 2 aromatic heterocycles. The largest absolute Gasteiger partial charge is 0.460 e.